The quantitative estimate of drug-likeness (QED) is 0.634. The molecule has 14 heavy (non-hydrogen) atoms. The van der Waals surface area contributed by atoms with E-state index in [1.165, 1.54) is 0 Å². The number of nitrogens with one attached hydrogen (secondary N) is 1. The molecule has 1 unspecified atom stereocenters. The Labute approximate surface area is 82.7 Å². The molecule has 1 aliphatic rings. The molecule has 0 saturated heterocycles. The Morgan fingerprint density at radius 1 is 1.50 bits per heavy atom. The highest BCUT2D eigenvalue weighted by molar-refractivity contribution is 5.86. The van der Waals surface area contributed by atoms with Crippen LogP contribution in [-0.4, -0.2) is 23.0 Å². The number of terminal acetylenes is 1. The molecule has 1 aliphatic carbocycles. The van der Waals surface area contributed by atoms with Crippen LogP contribution in [0.25, 0.3) is 0 Å². The van der Waals surface area contributed by atoms with Gasteiger partial charge >= 0.3 is 5.97 Å². The van der Waals surface area contributed by atoms with Gasteiger partial charge in [-0.25, -0.2) is 0 Å². The van der Waals surface area contributed by atoms with Crippen LogP contribution in [0.5, 0.6) is 0 Å². The summed E-state index contributed by atoms with van der Waals surface area (Å²) in [5.74, 6) is 0.296. The van der Waals surface area contributed by atoms with E-state index >= 15 is 0 Å². The van der Waals surface area contributed by atoms with Crippen LogP contribution in [0.1, 0.15) is 19.8 Å². The van der Waals surface area contributed by atoms with Gasteiger partial charge in [-0.3, -0.25) is 9.59 Å². The SMILES string of the molecule is C#CC(C)NC(=O)[C@@H]1CC[C@@H]1C(=O)O. The first-order valence-electron chi connectivity index (χ1n) is 4.55. The van der Waals surface area contributed by atoms with E-state index in [9.17, 15) is 9.59 Å². The predicted octanol–water partition coefficient (Wildman–Crippen LogP) is 0.235. The molecule has 0 aliphatic heterocycles. The maximum Gasteiger partial charge on any atom is 0.307 e. The van der Waals surface area contributed by atoms with E-state index < -0.39 is 17.8 Å². The normalized spacial score (nSPS) is 26.9. The fraction of sp³-hybridized carbons (Fsp3) is 0.600. The summed E-state index contributed by atoms with van der Waals surface area (Å²) >= 11 is 0. The molecule has 0 spiro atoms. The molecule has 76 valence electrons. The molecule has 0 aromatic heterocycles. The standard InChI is InChI=1S/C10H13NO3/c1-3-6(2)11-9(12)7-4-5-8(7)10(13)14/h1,6-8H,4-5H2,2H3,(H,11,12)(H,13,14)/t6?,7-,8+/m1/s1. The second-order valence-electron chi connectivity index (χ2n) is 3.53. The smallest absolute Gasteiger partial charge is 0.307 e. The zero-order chi connectivity index (χ0) is 10.7. The van der Waals surface area contributed by atoms with Gasteiger partial charge < -0.3 is 10.4 Å². The van der Waals surface area contributed by atoms with Crippen molar-refractivity contribution < 1.29 is 14.7 Å². The molecule has 1 fully saturated rings. The third kappa shape index (κ3) is 2.05. The summed E-state index contributed by atoms with van der Waals surface area (Å²) in [5, 5.41) is 11.3. The van der Waals surface area contributed by atoms with Gasteiger partial charge in [-0.05, 0) is 19.8 Å². The van der Waals surface area contributed by atoms with Crippen LogP contribution in [0.15, 0.2) is 0 Å². The number of rotatable bonds is 3. The zero-order valence-electron chi connectivity index (χ0n) is 7.99. The molecule has 0 aromatic carbocycles. The minimum atomic E-state index is -0.898. The topological polar surface area (TPSA) is 66.4 Å². The highest BCUT2D eigenvalue weighted by atomic mass is 16.4. The molecule has 2 N–H and O–H groups in total. The Hall–Kier alpha value is -1.50. The number of carbonyl (C=O) groups is 2. The van der Waals surface area contributed by atoms with Crippen molar-refractivity contribution in [2.24, 2.45) is 11.8 Å². The molecule has 1 rings (SSSR count). The lowest BCUT2D eigenvalue weighted by Gasteiger charge is -2.32. The average molecular weight is 195 g/mol. The van der Waals surface area contributed by atoms with Gasteiger partial charge in [-0.2, -0.15) is 0 Å². The lowest BCUT2D eigenvalue weighted by molar-refractivity contribution is -0.152. The minimum Gasteiger partial charge on any atom is -0.481 e. The maximum absolute atomic E-state index is 11.4. The molecule has 3 atom stereocenters. The Bertz CT molecular complexity index is 292. The molecular formula is C10H13NO3. The second-order valence-corrected chi connectivity index (χ2v) is 3.53. The zero-order valence-corrected chi connectivity index (χ0v) is 7.99. The number of aliphatic carboxylic acids is 1. The molecule has 4 heteroatoms. The van der Waals surface area contributed by atoms with Crippen molar-refractivity contribution in [2.45, 2.75) is 25.8 Å². The Kier molecular flexibility index (Phi) is 3.13. The summed E-state index contributed by atoms with van der Waals surface area (Å²) in [6.45, 7) is 1.69. The Balaban J connectivity index is 2.47. The van der Waals surface area contributed by atoms with Crippen molar-refractivity contribution >= 4 is 11.9 Å². The molecule has 0 heterocycles. The third-order valence-electron chi connectivity index (χ3n) is 2.54. The van der Waals surface area contributed by atoms with Gasteiger partial charge in [-0.1, -0.05) is 5.92 Å². The lowest BCUT2D eigenvalue weighted by atomic mass is 9.73. The summed E-state index contributed by atoms with van der Waals surface area (Å²) in [6.07, 6.45) is 6.31. The second kappa shape index (κ2) is 4.14. The van der Waals surface area contributed by atoms with Gasteiger partial charge in [0.2, 0.25) is 5.91 Å². The highest BCUT2D eigenvalue weighted by Crippen LogP contribution is 2.34. The van der Waals surface area contributed by atoms with Crippen LogP contribution in [0.3, 0.4) is 0 Å². The van der Waals surface area contributed by atoms with E-state index in [4.69, 9.17) is 11.5 Å². The summed E-state index contributed by atoms with van der Waals surface area (Å²) in [4.78, 5) is 22.1. The number of carboxylic acids is 1. The van der Waals surface area contributed by atoms with Gasteiger partial charge in [0, 0.05) is 0 Å². The molecule has 1 saturated carbocycles. The number of hydrogen-bond acceptors (Lipinski definition) is 2. The molecule has 0 aromatic rings. The number of carboxylic acid groups (broad SMARTS) is 1. The van der Waals surface area contributed by atoms with E-state index in [0.29, 0.717) is 12.8 Å². The summed E-state index contributed by atoms with van der Waals surface area (Å²) < 4.78 is 0. The van der Waals surface area contributed by atoms with E-state index in [-0.39, 0.29) is 11.9 Å². The number of hydrogen-bond donors (Lipinski definition) is 2. The van der Waals surface area contributed by atoms with Crippen LogP contribution in [0, 0.1) is 24.2 Å². The third-order valence-corrected chi connectivity index (χ3v) is 2.54. The highest BCUT2D eigenvalue weighted by Gasteiger charge is 2.41. The Morgan fingerprint density at radius 2 is 2.07 bits per heavy atom. The van der Waals surface area contributed by atoms with Gasteiger partial charge in [-0.15, -0.1) is 6.42 Å². The Morgan fingerprint density at radius 3 is 2.43 bits per heavy atom. The van der Waals surface area contributed by atoms with Gasteiger partial charge in [0.15, 0.2) is 0 Å². The van der Waals surface area contributed by atoms with Gasteiger partial charge in [0.05, 0.1) is 17.9 Å². The summed E-state index contributed by atoms with van der Waals surface area (Å²) in [5.41, 5.74) is 0. The first kappa shape index (κ1) is 10.6. The molecule has 1 amide bonds. The van der Waals surface area contributed by atoms with Crippen molar-refractivity contribution in [3.05, 3.63) is 0 Å². The van der Waals surface area contributed by atoms with Crippen LogP contribution in [0.4, 0.5) is 0 Å². The number of carbonyl (C=O) groups excluding carboxylic acids is 1. The summed E-state index contributed by atoms with van der Waals surface area (Å²) in [7, 11) is 0. The lowest BCUT2D eigenvalue weighted by Crippen LogP contribution is -2.46. The van der Waals surface area contributed by atoms with Crippen molar-refractivity contribution in [1.82, 2.24) is 5.32 Å². The molecule has 0 bridgehead atoms. The first-order chi connectivity index (χ1) is 6.56. The average Bonchev–Trinajstić information content (AvgIpc) is 2.00. The van der Waals surface area contributed by atoms with Crippen molar-refractivity contribution in [2.75, 3.05) is 0 Å². The molecule has 0 radical (unpaired) electrons. The largest absolute Gasteiger partial charge is 0.481 e. The van der Waals surface area contributed by atoms with Crippen molar-refractivity contribution in [3.8, 4) is 12.3 Å². The van der Waals surface area contributed by atoms with E-state index in [1.807, 2.05) is 0 Å². The van der Waals surface area contributed by atoms with Crippen LogP contribution in [-0.2, 0) is 9.59 Å². The van der Waals surface area contributed by atoms with Crippen molar-refractivity contribution in [3.63, 3.8) is 0 Å². The van der Waals surface area contributed by atoms with Crippen LogP contribution in [0.2, 0.25) is 0 Å². The fourth-order valence-corrected chi connectivity index (χ4v) is 1.47. The van der Waals surface area contributed by atoms with Gasteiger partial charge in [0.25, 0.3) is 0 Å². The van der Waals surface area contributed by atoms with E-state index in [2.05, 4.69) is 11.2 Å². The van der Waals surface area contributed by atoms with Crippen LogP contribution >= 0.6 is 0 Å². The van der Waals surface area contributed by atoms with Crippen molar-refractivity contribution in [1.29, 1.82) is 0 Å². The molecule has 4 nitrogen and oxygen atoms in total. The van der Waals surface area contributed by atoms with E-state index in [1.54, 1.807) is 6.92 Å². The maximum atomic E-state index is 11.4. The minimum absolute atomic E-state index is 0.242. The first-order valence-corrected chi connectivity index (χ1v) is 4.55. The van der Waals surface area contributed by atoms with E-state index in [0.717, 1.165) is 0 Å². The number of amides is 1. The summed E-state index contributed by atoms with van der Waals surface area (Å²) in [6, 6.07) is -0.336. The monoisotopic (exact) mass is 195 g/mol. The molecular weight excluding hydrogens is 182 g/mol. The fourth-order valence-electron chi connectivity index (χ4n) is 1.47. The van der Waals surface area contributed by atoms with Crippen LogP contribution < -0.4 is 5.32 Å². The van der Waals surface area contributed by atoms with Gasteiger partial charge in [0.1, 0.15) is 0 Å². The predicted molar refractivity (Wildman–Crippen MR) is 50.3 cm³/mol.